The van der Waals surface area contributed by atoms with E-state index in [-0.39, 0.29) is 35.4 Å². The molecule has 3 unspecified atom stereocenters. The van der Waals surface area contributed by atoms with E-state index in [9.17, 15) is 9.18 Å². The van der Waals surface area contributed by atoms with E-state index in [1.807, 2.05) is 40.7 Å². The van der Waals surface area contributed by atoms with Crippen molar-refractivity contribution in [1.82, 2.24) is 10.3 Å². The van der Waals surface area contributed by atoms with Gasteiger partial charge in [0.05, 0.1) is 23.8 Å². The van der Waals surface area contributed by atoms with Crippen molar-refractivity contribution in [3.63, 3.8) is 0 Å². The van der Waals surface area contributed by atoms with E-state index in [0.29, 0.717) is 5.56 Å². The van der Waals surface area contributed by atoms with Gasteiger partial charge in [0.1, 0.15) is 11.6 Å². The van der Waals surface area contributed by atoms with E-state index < -0.39 is 0 Å². The monoisotopic (exact) mass is 399 g/mol. The zero-order valence-electron chi connectivity index (χ0n) is 17.8. The molecule has 0 spiro atoms. The van der Waals surface area contributed by atoms with Crippen LogP contribution in [0.2, 0.25) is 0 Å². The second-order valence-electron chi connectivity index (χ2n) is 8.89. The van der Waals surface area contributed by atoms with E-state index in [4.69, 9.17) is 4.74 Å². The summed E-state index contributed by atoms with van der Waals surface area (Å²) in [6.07, 6.45) is 1.90. The number of hydrogen-bond donors (Lipinski definition) is 1. The van der Waals surface area contributed by atoms with Crippen LogP contribution >= 0.6 is 0 Å². The van der Waals surface area contributed by atoms with Gasteiger partial charge in [0.25, 0.3) is 5.91 Å². The number of anilines is 1. The molecule has 1 aromatic heterocycles. The van der Waals surface area contributed by atoms with Crippen LogP contribution in [0.4, 0.5) is 10.2 Å². The molecule has 0 aliphatic carbocycles. The van der Waals surface area contributed by atoms with Crippen molar-refractivity contribution < 1.29 is 13.9 Å². The molecule has 156 valence electrons. The number of carbonyl (C=O) groups excluding carboxylic acids is 1. The normalized spacial score (nSPS) is 21.0. The molecule has 2 heterocycles. The summed E-state index contributed by atoms with van der Waals surface area (Å²) in [6, 6.07) is 9.69. The smallest absolute Gasteiger partial charge is 0.253 e. The maximum atomic E-state index is 13.3. The number of amides is 1. The van der Waals surface area contributed by atoms with Crippen molar-refractivity contribution in [2.45, 2.75) is 52.9 Å². The fourth-order valence-electron chi connectivity index (χ4n) is 3.74. The molecule has 1 aliphatic rings. The Morgan fingerprint density at radius 2 is 1.76 bits per heavy atom. The highest BCUT2D eigenvalue weighted by Crippen LogP contribution is 2.33. The Hall–Kier alpha value is -2.47. The van der Waals surface area contributed by atoms with Gasteiger partial charge in [-0.25, -0.2) is 9.37 Å². The Bertz CT molecular complexity index is 821. The summed E-state index contributed by atoms with van der Waals surface area (Å²) >= 11 is 0. The first-order valence-corrected chi connectivity index (χ1v) is 10.1. The zero-order valence-corrected chi connectivity index (χ0v) is 17.8. The number of morpholine rings is 1. The summed E-state index contributed by atoms with van der Waals surface area (Å²) in [4.78, 5) is 19.6. The number of pyridine rings is 1. The maximum Gasteiger partial charge on any atom is 0.253 e. The fraction of sp³-hybridized carbons (Fsp3) is 0.478. The summed E-state index contributed by atoms with van der Waals surface area (Å²) in [7, 11) is 0. The summed E-state index contributed by atoms with van der Waals surface area (Å²) in [5.74, 6) is 0.353. The van der Waals surface area contributed by atoms with Gasteiger partial charge in [0.15, 0.2) is 0 Å². The molecule has 1 aromatic carbocycles. The summed E-state index contributed by atoms with van der Waals surface area (Å²) in [5, 5.41) is 3.09. The number of nitrogens with one attached hydrogen (secondary N) is 1. The first-order chi connectivity index (χ1) is 13.6. The molecule has 0 bridgehead atoms. The third kappa shape index (κ3) is 5.32. The summed E-state index contributed by atoms with van der Waals surface area (Å²) in [6.45, 7) is 11.8. The fourth-order valence-corrected chi connectivity index (χ4v) is 3.74. The Morgan fingerprint density at radius 1 is 1.14 bits per heavy atom. The van der Waals surface area contributed by atoms with Crippen LogP contribution in [-0.2, 0) is 4.74 Å². The van der Waals surface area contributed by atoms with Crippen molar-refractivity contribution >= 4 is 11.7 Å². The van der Waals surface area contributed by atoms with Gasteiger partial charge in [-0.05, 0) is 49.1 Å². The van der Waals surface area contributed by atoms with Crippen molar-refractivity contribution in [2.75, 3.05) is 18.0 Å². The van der Waals surface area contributed by atoms with Crippen molar-refractivity contribution in [3.8, 4) is 0 Å². The van der Waals surface area contributed by atoms with Gasteiger partial charge in [-0.3, -0.25) is 4.79 Å². The lowest BCUT2D eigenvalue weighted by Crippen LogP contribution is -2.45. The Kier molecular flexibility index (Phi) is 6.22. The highest BCUT2D eigenvalue weighted by atomic mass is 19.1. The van der Waals surface area contributed by atoms with E-state index in [1.165, 1.54) is 12.1 Å². The van der Waals surface area contributed by atoms with Gasteiger partial charge in [-0.1, -0.05) is 32.9 Å². The Morgan fingerprint density at radius 3 is 2.28 bits per heavy atom. The molecule has 0 saturated carbocycles. The first-order valence-electron chi connectivity index (χ1n) is 10.1. The summed E-state index contributed by atoms with van der Waals surface area (Å²) in [5.41, 5.74) is 1.13. The minimum absolute atomic E-state index is 0.145. The lowest BCUT2D eigenvalue weighted by atomic mass is 9.82. The molecule has 0 radical (unpaired) electrons. The molecule has 2 aromatic rings. The predicted octanol–water partition coefficient (Wildman–Crippen LogP) is 4.35. The first kappa shape index (κ1) is 21.2. The SMILES string of the molecule is CC1CN(c2ccc(C(=O)NC(c3ccc(F)cc3)C(C)(C)C)cn2)CC(C)O1. The molecule has 3 atom stereocenters. The van der Waals surface area contributed by atoms with Gasteiger partial charge in [0.2, 0.25) is 0 Å². The molecule has 1 amide bonds. The highest BCUT2D eigenvalue weighted by Gasteiger charge is 2.29. The van der Waals surface area contributed by atoms with Crippen molar-refractivity contribution in [1.29, 1.82) is 0 Å². The molecule has 6 heteroatoms. The number of rotatable bonds is 4. The largest absolute Gasteiger partial charge is 0.372 e. The Balaban J connectivity index is 1.74. The summed E-state index contributed by atoms with van der Waals surface area (Å²) < 4.78 is 19.1. The quantitative estimate of drug-likeness (QED) is 0.830. The maximum absolute atomic E-state index is 13.3. The standard InChI is InChI=1S/C23H30FN3O2/c1-15-13-27(14-16(2)29-15)20-11-8-18(12-25-20)22(28)26-21(23(3,4)5)17-6-9-19(24)10-7-17/h6-12,15-16,21H,13-14H2,1-5H3,(H,26,28). The number of ether oxygens (including phenoxy) is 1. The minimum Gasteiger partial charge on any atom is -0.372 e. The second-order valence-corrected chi connectivity index (χ2v) is 8.89. The molecule has 1 N–H and O–H groups in total. The van der Waals surface area contributed by atoms with Gasteiger partial charge >= 0.3 is 0 Å². The van der Waals surface area contributed by atoms with Crippen LogP contribution in [-0.4, -0.2) is 36.2 Å². The molecular formula is C23H30FN3O2. The number of nitrogens with zero attached hydrogens (tertiary/aromatic N) is 2. The molecule has 5 nitrogen and oxygen atoms in total. The third-order valence-corrected chi connectivity index (χ3v) is 5.10. The van der Waals surface area contributed by atoms with Crippen LogP contribution < -0.4 is 10.2 Å². The number of aromatic nitrogens is 1. The molecule has 29 heavy (non-hydrogen) atoms. The van der Waals surface area contributed by atoms with E-state index in [1.54, 1.807) is 24.4 Å². The number of carbonyl (C=O) groups is 1. The van der Waals surface area contributed by atoms with Gasteiger partial charge in [-0.15, -0.1) is 0 Å². The van der Waals surface area contributed by atoms with Crippen LogP contribution in [0.15, 0.2) is 42.6 Å². The van der Waals surface area contributed by atoms with Gasteiger partial charge in [0, 0.05) is 19.3 Å². The number of benzene rings is 1. The lowest BCUT2D eigenvalue weighted by molar-refractivity contribution is -0.00546. The molecule has 1 saturated heterocycles. The van der Waals surface area contributed by atoms with Crippen molar-refractivity contribution in [3.05, 3.63) is 59.5 Å². The highest BCUT2D eigenvalue weighted by molar-refractivity contribution is 5.94. The zero-order chi connectivity index (χ0) is 21.2. The Labute approximate surface area is 172 Å². The third-order valence-electron chi connectivity index (χ3n) is 5.10. The molecule has 3 rings (SSSR count). The number of halogens is 1. The van der Waals surface area contributed by atoms with Gasteiger partial charge in [-0.2, -0.15) is 0 Å². The van der Waals surface area contributed by atoms with Crippen LogP contribution in [0.1, 0.15) is 56.6 Å². The van der Waals surface area contributed by atoms with Crippen LogP contribution in [0, 0.1) is 11.2 Å². The van der Waals surface area contributed by atoms with Gasteiger partial charge < -0.3 is 15.0 Å². The predicted molar refractivity (Wildman–Crippen MR) is 113 cm³/mol. The molecular weight excluding hydrogens is 369 g/mol. The topological polar surface area (TPSA) is 54.5 Å². The number of hydrogen-bond acceptors (Lipinski definition) is 4. The second kappa shape index (κ2) is 8.49. The minimum atomic E-state index is -0.292. The van der Waals surface area contributed by atoms with E-state index in [0.717, 1.165) is 24.5 Å². The average Bonchev–Trinajstić information content (AvgIpc) is 2.65. The van der Waals surface area contributed by atoms with E-state index >= 15 is 0 Å². The van der Waals surface area contributed by atoms with Crippen LogP contribution in [0.5, 0.6) is 0 Å². The van der Waals surface area contributed by atoms with Crippen LogP contribution in [0.3, 0.4) is 0 Å². The lowest BCUT2D eigenvalue weighted by Gasteiger charge is -2.36. The average molecular weight is 400 g/mol. The van der Waals surface area contributed by atoms with E-state index in [2.05, 4.69) is 15.2 Å². The van der Waals surface area contributed by atoms with Crippen molar-refractivity contribution in [2.24, 2.45) is 5.41 Å². The van der Waals surface area contributed by atoms with Crippen LogP contribution in [0.25, 0.3) is 0 Å². The molecule has 1 fully saturated rings. The molecule has 1 aliphatic heterocycles.